The summed E-state index contributed by atoms with van der Waals surface area (Å²) in [4.78, 5) is 12.1. The van der Waals surface area contributed by atoms with Gasteiger partial charge in [-0.3, -0.25) is 4.98 Å². The predicted octanol–water partition coefficient (Wildman–Crippen LogP) is 4.66. The predicted molar refractivity (Wildman–Crippen MR) is 101 cm³/mol. The fourth-order valence-corrected chi connectivity index (χ4v) is 2.89. The Morgan fingerprint density at radius 2 is 1.63 bits per heavy atom. The van der Waals surface area contributed by atoms with Crippen molar-refractivity contribution in [2.75, 3.05) is 7.11 Å². The molecule has 4 aromatic rings. The van der Waals surface area contributed by atoms with Crippen LogP contribution < -0.4 is 4.74 Å². The molecule has 0 aliphatic carbocycles. The molecule has 0 unspecified atom stereocenters. The van der Waals surface area contributed by atoms with Crippen LogP contribution in [0.5, 0.6) is 11.5 Å². The Bertz CT molecular complexity index is 1080. The molecule has 2 aromatic heterocycles. The molecule has 0 radical (unpaired) electrons. The molecule has 27 heavy (non-hydrogen) atoms. The summed E-state index contributed by atoms with van der Waals surface area (Å²) in [6.45, 7) is 0. The highest BCUT2D eigenvalue weighted by molar-refractivity contribution is 5.81. The number of hydrogen-bond acceptors (Lipinski definition) is 4. The third kappa shape index (κ3) is 3.25. The zero-order valence-electron chi connectivity index (χ0n) is 14.5. The quantitative estimate of drug-likeness (QED) is 0.555. The van der Waals surface area contributed by atoms with E-state index in [0.29, 0.717) is 22.8 Å². The number of ether oxygens (including phenoxy) is 1. The second kappa shape index (κ2) is 6.92. The normalized spacial score (nSPS) is 10.7. The molecule has 6 heteroatoms. The van der Waals surface area contributed by atoms with E-state index in [1.165, 1.54) is 19.2 Å². The van der Waals surface area contributed by atoms with E-state index < -0.39 is 0 Å². The van der Waals surface area contributed by atoms with Crippen LogP contribution in [-0.4, -0.2) is 27.2 Å². The number of aromatic nitrogens is 3. The zero-order valence-corrected chi connectivity index (χ0v) is 14.5. The van der Waals surface area contributed by atoms with Crippen molar-refractivity contribution >= 4 is 0 Å². The number of aromatic hydroxyl groups is 1. The second-order valence-electron chi connectivity index (χ2n) is 5.94. The monoisotopic (exact) mass is 361 g/mol. The lowest BCUT2D eigenvalue weighted by Crippen LogP contribution is -1.86. The van der Waals surface area contributed by atoms with Crippen LogP contribution in [0.2, 0.25) is 0 Å². The number of rotatable bonds is 4. The Morgan fingerprint density at radius 1 is 0.926 bits per heavy atom. The lowest BCUT2D eigenvalue weighted by atomic mass is 10.1. The molecule has 4 rings (SSSR count). The van der Waals surface area contributed by atoms with E-state index in [9.17, 15) is 9.50 Å². The Balaban J connectivity index is 1.87. The van der Waals surface area contributed by atoms with Crippen molar-refractivity contribution in [2.45, 2.75) is 0 Å². The third-order valence-corrected chi connectivity index (χ3v) is 4.24. The Morgan fingerprint density at radius 3 is 2.30 bits per heavy atom. The number of methoxy groups -OCH3 is 1. The van der Waals surface area contributed by atoms with Gasteiger partial charge in [-0.15, -0.1) is 0 Å². The summed E-state index contributed by atoms with van der Waals surface area (Å²) in [5.41, 5.74) is 3.86. The van der Waals surface area contributed by atoms with Crippen LogP contribution in [0.25, 0.3) is 33.9 Å². The largest absolute Gasteiger partial charge is 0.504 e. The van der Waals surface area contributed by atoms with Crippen LogP contribution in [0.4, 0.5) is 4.39 Å². The average molecular weight is 361 g/mol. The van der Waals surface area contributed by atoms with Crippen molar-refractivity contribution in [1.82, 2.24) is 15.0 Å². The van der Waals surface area contributed by atoms with E-state index in [4.69, 9.17) is 9.72 Å². The van der Waals surface area contributed by atoms with Crippen molar-refractivity contribution in [3.05, 3.63) is 72.8 Å². The molecule has 0 amide bonds. The van der Waals surface area contributed by atoms with E-state index in [0.717, 1.165) is 16.8 Å². The lowest BCUT2D eigenvalue weighted by Gasteiger charge is -2.04. The molecule has 0 aliphatic rings. The number of phenolic OH excluding ortho intramolecular Hbond substituents is 1. The summed E-state index contributed by atoms with van der Waals surface area (Å²) in [6.07, 6.45) is 3.40. The highest BCUT2D eigenvalue weighted by atomic mass is 19.1. The summed E-state index contributed by atoms with van der Waals surface area (Å²) in [5.74, 6) is 0.692. The Hall–Kier alpha value is -3.67. The molecule has 2 aromatic carbocycles. The van der Waals surface area contributed by atoms with Crippen LogP contribution in [0.1, 0.15) is 0 Å². The van der Waals surface area contributed by atoms with Gasteiger partial charge in [0.25, 0.3) is 0 Å². The molecule has 0 aliphatic heterocycles. The minimum absolute atomic E-state index is 0.0280. The summed E-state index contributed by atoms with van der Waals surface area (Å²) in [5, 5.41) is 10.1. The smallest absolute Gasteiger partial charge is 0.160 e. The van der Waals surface area contributed by atoms with Crippen molar-refractivity contribution in [3.63, 3.8) is 0 Å². The van der Waals surface area contributed by atoms with Gasteiger partial charge in [0.15, 0.2) is 11.5 Å². The molecule has 0 saturated carbocycles. The number of aromatic amines is 1. The van der Waals surface area contributed by atoms with Gasteiger partial charge in [0, 0.05) is 29.1 Å². The first-order valence-electron chi connectivity index (χ1n) is 8.29. The van der Waals surface area contributed by atoms with Crippen LogP contribution in [-0.2, 0) is 0 Å². The molecule has 0 saturated heterocycles. The van der Waals surface area contributed by atoms with Gasteiger partial charge in [0.05, 0.1) is 18.5 Å². The molecule has 0 bridgehead atoms. The first-order valence-corrected chi connectivity index (χ1v) is 8.29. The number of H-pyrrole nitrogens is 1. The van der Waals surface area contributed by atoms with Crippen LogP contribution in [0.15, 0.2) is 67.0 Å². The van der Waals surface area contributed by atoms with Gasteiger partial charge in [-0.05, 0) is 54.6 Å². The molecule has 5 nitrogen and oxygen atoms in total. The maximum absolute atomic E-state index is 13.3. The van der Waals surface area contributed by atoms with Gasteiger partial charge in [-0.25, -0.2) is 9.37 Å². The van der Waals surface area contributed by atoms with E-state index in [1.54, 1.807) is 36.7 Å². The number of pyridine rings is 1. The van der Waals surface area contributed by atoms with Crippen LogP contribution in [0.3, 0.4) is 0 Å². The van der Waals surface area contributed by atoms with Gasteiger partial charge in [0.2, 0.25) is 0 Å². The van der Waals surface area contributed by atoms with Gasteiger partial charge in [0.1, 0.15) is 11.6 Å². The molecule has 2 N–H and O–H groups in total. The number of halogens is 1. The second-order valence-corrected chi connectivity index (χ2v) is 5.94. The van der Waals surface area contributed by atoms with Crippen LogP contribution in [0, 0.1) is 5.82 Å². The van der Waals surface area contributed by atoms with Crippen molar-refractivity contribution in [3.8, 4) is 45.4 Å². The van der Waals surface area contributed by atoms with Crippen molar-refractivity contribution in [1.29, 1.82) is 0 Å². The minimum Gasteiger partial charge on any atom is -0.504 e. The number of benzene rings is 2. The summed E-state index contributed by atoms with van der Waals surface area (Å²) in [7, 11) is 1.50. The molecule has 134 valence electrons. The van der Waals surface area contributed by atoms with Crippen LogP contribution >= 0.6 is 0 Å². The Labute approximate surface area is 155 Å². The van der Waals surface area contributed by atoms with E-state index in [-0.39, 0.29) is 11.6 Å². The van der Waals surface area contributed by atoms with E-state index in [1.807, 2.05) is 18.2 Å². The molecular formula is C21H16FN3O2. The fourth-order valence-electron chi connectivity index (χ4n) is 2.89. The highest BCUT2D eigenvalue weighted by Crippen LogP contribution is 2.35. The number of hydrogen-bond donors (Lipinski definition) is 2. The van der Waals surface area contributed by atoms with Crippen molar-refractivity contribution < 1.29 is 14.2 Å². The van der Waals surface area contributed by atoms with Gasteiger partial charge in [-0.2, -0.15) is 0 Å². The molecular weight excluding hydrogens is 345 g/mol. The van der Waals surface area contributed by atoms with Gasteiger partial charge < -0.3 is 14.8 Å². The van der Waals surface area contributed by atoms with Gasteiger partial charge >= 0.3 is 0 Å². The van der Waals surface area contributed by atoms with Crippen molar-refractivity contribution in [2.24, 2.45) is 0 Å². The van der Waals surface area contributed by atoms with E-state index in [2.05, 4.69) is 9.97 Å². The third-order valence-electron chi connectivity index (χ3n) is 4.24. The topological polar surface area (TPSA) is 71.0 Å². The highest BCUT2D eigenvalue weighted by Gasteiger charge is 2.16. The summed E-state index contributed by atoms with van der Waals surface area (Å²) < 4.78 is 18.4. The summed E-state index contributed by atoms with van der Waals surface area (Å²) in [6, 6.07) is 15.0. The number of phenols is 1. The number of imidazole rings is 1. The maximum Gasteiger partial charge on any atom is 0.160 e. The zero-order chi connectivity index (χ0) is 18.8. The van der Waals surface area contributed by atoms with E-state index >= 15 is 0 Å². The van der Waals surface area contributed by atoms with Gasteiger partial charge in [-0.1, -0.05) is 0 Å². The molecule has 0 atom stereocenters. The molecule has 0 fully saturated rings. The molecule has 2 heterocycles. The minimum atomic E-state index is -0.306. The number of nitrogens with one attached hydrogen (secondary N) is 1. The first kappa shape index (κ1) is 16.8. The fraction of sp³-hybridized carbons (Fsp3) is 0.0476. The SMILES string of the molecule is COc1ccc(-c2nc(-c3ccc(F)cc3)c(-c3ccncc3)[nH]2)cc1O. The first-order chi connectivity index (χ1) is 13.2. The Kier molecular flexibility index (Phi) is 4.30. The lowest BCUT2D eigenvalue weighted by molar-refractivity contribution is 0.373. The average Bonchev–Trinajstić information content (AvgIpc) is 3.14. The standard InChI is InChI=1S/C21H16FN3O2/c1-27-18-7-4-15(12-17(18)26)21-24-19(13-2-5-16(22)6-3-13)20(25-21)14-8-10-23-11-9-14/h2-12,26H,1H3,(H,24,25). The molecule has 0 spiro atoms. The summed E-state index contributed by atoms with van der Waals surface area (Å²) >= 11 is 0. The number of nitrogens with zero attached hydrogens (tertiary/aromatic N) is 2. The maximum atomic E-state index is 13.3.